The van der Waals surface area contributed by atoms with Crippen LogP contribution in [0.3, 0.4) is 0 Å². The maximum atomic E-state index is 12.0. The fourth-order valence-corrected chi connectivity index (χ4v) is 8.02. The van der Waals surface area contributed by atoms with Gasteiger partial charge in [0.15, 0.2) is 0 Å². The van der Waals surface area contributed by atoms with Crippen LogP contribution in [0.5, 0.6) is 0 Å². The molecule has 312 valence electrons. The molecule has 0 N–H and O–H groups in total. The normalized spacial score (nSPS) is 11.5. The molecule has 0 radical (unpaired) electrons. The van der Waals surface area contributed by atoms with Crippen LogP contribution in [0.15, 0.2) is 0 Å². The molecule has 0 saturated carbocycles. The Hall–Kier alpha value is -0.530. The molecule has 0 spiro atoms. The summed E-state index contributed by atoms with van der Waals surface area (Å²) >= 11 is 0. The summed E-state index contributed by atoms with van der Waals surface area (Å²) in [6, 6.07) is 0. The summed E-state index contributed by atoms with van der Waals surface area (Å²) in [5, 5.41) is 0. The summed E-state index contributed by atoms with van der Waals surface area (Å²) in [4.78, 5) is 12.0. The Morgan fingerprint density at radius 1 is 0.250 bits per heavy atom. The van der Waals surface area contributed by atoms with E-state index in [-0.39, 0.29) is 5.97 Å². The Balaban J connectivity index is 3.13. The van der Waals surface area contributed by atoms with Gasteiger partial charge in [-0.15, -0.1) is 0 Å². The van der Waals surface area contributed by atoms with Gasteiger partial charge in [0.05, 0.1) is 6.61 Å². The first-order chi connectivity index (χ1) is 25.8. The van der Waals surface area contributed by atoms with E-state index in [0.29, 0.717) is 13.0 Å². The van der Waals surface area contributed by atoms with Gasteiger partial charge in [0.25, 0.3) is 0 Å². The van der Waals surface area contributed by atoms with E-state index in [1.165, 1.54) is 276 Å². The highest BCUT2D eigenvalue weighted by Gasteiger charge is 2.03. The standard InChI is InChI=1S/C50H100O2/c1-3-5-7-9-11-13-15-17-19-20-21-22-23-24-25-26-27-28-29-30-31-32-33-35-37-39-41-43-45-47-49-52-50(51)48-46-44-42-40-38-36-34-18-16-14-12-10-8-6-4-2/h3-49H2,1-2H3. The van der Waals surface area contributed by atoms with E-state index in [0.717, 1.165) is 12.8 Å². The van der Waals surface area contributed by atoms with Gasteiger partial charge in [0, 0.05) is 6.42 Å². The molecule has 0 aromatic carbocycles. The minimum absolute atomic E-state index is 0.0325. The van der Waals surface area contributed by atoms with E-state index in [2.05, 4.69) is 13.8 Å². The van der Waals surface area contributed by atoms with Crippen LogP contribution in [0.4, 0.5) is 0 Å². The van der Waals surface area contributed by atoms with Crippen molar-refractivity contribution in [3.63, 3.8) is 0 Å². The number of carbonyl (C=O) groups excluding carboxylic acids is 1. The summed E-state index contributed by atoms with van der Waals surface area (Å²) in [6.07, 6.45) is 63.9. The number of unbranched alkanes of at least 4 members (excludes halogenated alkanes) is 43. The summed E-state index contributed by atoms with van der Waals surface area (Å²) in [6.45, 7) is 5.24. The van der Waals surface area contributed by atoms with Gasteiger partial charge in [0.1, 0.15) is 0 Å². The molecule has 0 heterocycles. The summed E-state index contributed by atoms with van der Waals surface area (Å²) in [7, 11) is 0. The van der Waals surface area contributed by atoms with Crippen LogP contribution in [-0.4, -0.2) is 12.6 Å². The average Bonchev–Trinajstić information content (AvgIpc) is 3.15. The first-order valence-electron chi connectivity index (χ1n) is 25.0. The Kier molecular flexibility index (Phi) is 48.0. The van der Waals surface area contributed by atoms with Gasteiger partial charge in [-0.3, -0.25) is 4.79 Å². The Morgan fingerprint density at radius 2 is 0.423 bits per heavy atom. The highest BCUT2D eigenvalue weighted by molar-refractivity contribution is 5.69. The van der Waals surface area contributed by atoms with Crippen molar-refractivity contribution in [1.29, 1.82) is 0 Å². The zero-order valence-corrected chi connectivity index (χ0v) is 36.6. The fourth-order valence-electron chi connectivity index (χ4n) is 8.02. The fraction of sp³-hybridized carbons (Fsp3) is 0.980. The summed E-state index contributed by atoms with van der Waals surface area (Å²) in [5.41, 5.74) is 0. The van der Waals surface area contributed by atoms with E-state index < -0.39 is 0 Å². The number of ether oxygens (including phenoxy) is 1. The predicted molar refractivity (Wildman–Crippen MR) is 235 cm³/mol. The van der Waals surface area contributed by atoms with Crippen molar-refractivity contribution in [2.45, 2.75) is 309 Å². The van der Waals surface area contributed by atoms with Gasteiger partial charge in [-0.1, -0.05) is 290 Å². The Bertz CT molecular complexity index is 630. The zero-order valence-electron chi connectivity index (χ0n) is 36.6. The van der Waals surface area contributed by atoms with Crippen LogP contribution in [0.1, 0.15) is 309 Å². The molecule has 0 saturated heterocycles. The molecular formula is C50H100O2. The average molecular weight is 733 g/mol. The highest BCUT2D eigenvalue weighted by Crippen LogP contribution is 2.17. The van der Waals surface area contributed by atoms with Gasteiger partial charge >= 0.3 is 5.97 Å². The first kappa shape index (κ1) is 51.5. The van der Waals surface area contributed by atoms with Crippen LogP contribution < -0.4 is 0 Å². The predicted octanol–water partition coefficient (Wildman–Crippen LogP) is 18.5. The summed E-state index contributed by atoms with van der Waals surface area (Å²) < 4.78 is 5.49. The van der Waals surface area contributed by atoms with Gasteiger partial charge in [0.2, 0.25) is 0 Å². The molecule has 0 fully saturated rings. The van der Waals surface area contributed by atoms with Gasteiger partial charge < -0.3 is 4.74 Å². The van der Waals surface area contributed by atoms with Crippen molar-refractivity contribution in [2.75, 3.05) is 6.61 Å². The molecule has 2 nitrogen and oxygen atoms in total. The number of hydrogen-bond donors (Lipinski definition) is 0. The minimum Gasteiger partial charge on any atom is -0.466 e. The molecule has 0 amide bonds. The topological polar surface area (TPSA) is 26.3 Å². The van der Waals surface area contributed by atoms with Gasteiger partial charge in [-0.05, 0) is 12.8 Å². The molecule has 0 atom stereocenters. The third kappa shape index (κ3) is 47.5. The molecule has 0 bridgehead atoms. The molecule has 52 heavy (non-hydrogen) atoms. The maximum absolute atomic E-state index is 12.0. The molecule has 0 aromatic rings. The monoisotopic (exact) mass is 733 g/mol. The molecular weight excluding hydrogens is 633 g/mol. The number of rotatable bonds is 47. The minimum atomic E-state index is 0.0325. The van der Waals surface area contributed by atoms with E-state index in [4.69, 9.17) is 4.74 Å². The van der Waals surface area contributed by atoms with Crippen LogP contribution in [0, 0.1) is 0 Å². The summed E-state index contributed by atoms with van der Waals surface area (Å²) in [5.74, 6) is 0.0325. The lowest BCUT2D eigenvalue weighted by Gasteiger charge is -2.06. The molecule has 0 unspecified atom stereocenters. The molecule has 2 heteroatoms. The van der Waals surface area contributed by atoms with Crippen LogP contribution in [-0.2, 0) is 9.53 Å². The van der Waals surface area contributed by atoms with Crippen LogP contribution in [0.25, 0.3) is 0 Å². The third-order valence-electron chi connectivity index (χ3n) is 11.7. The number of hydrogen-bond acceptors (Lipinski definition) is 2. The van der Waals surface area contributed by atoms with Crippen LogP contribution in [0.2, 0.25) is 0 Å². The Morgan fingerprint density at radius 3 is 0.635 bits per heavy atom. The molecule has 0 aliphatic heterocycles. The van der Waals surface area contributed by atoms with E-state index in [1.54, 1.807) is 0 Å². The molecule has 0 aliphatic carbocycles. The lowest BCUT2D eigenvalue weighted by atomic mass is 10.0. The van der Waals surface area contributed by atoms with Gasteiger partial charge in [-0.2, -0.15) is 0 Å². The van der Waals surface area contributed by atoms with E-state index in [9.17, 15) is 4.79 Å². The van der Waals surface area contributed by atoms with Crippen molar-refractivity contribution in [1.82, 2.24) is 0 Å². The lowest BCUT2D eigenvalue weighted by molar-refractivity contribution is -0.143. The maximum Gasteiger partial charge on any atom is 0.305 e. The first-order valence-corrected chi connectivity index (χ1v) is 25.0. The Labute approximate surface area is 330 Å². The molecule has 0 aromatic heterocycles. The van der Waals surface area contributed by atoms with Crippen molar-refractivity contribution in [2.24, 2.45) is 0 Å². The number of carbonyl (C=O) groups is 1. The molecule has 0 rings (SSSR count). The lowest BCUT2D eigenvalue weighted by Crippen LogP contribution is -2.05. The second-order valence-electron chi connectivity index (χ2n) is 17.2. The van der Waals surface area contributed by atoms with E-state index >= 15 is 0 Å². The smallest absolute Gasteiger partial charge is 0.305 e. The largest absolute Gasteiger partial charge is 0.466 e. The zero-order chi connectivity index (χ0) is 37.5. The second-order valence-corrected chi connectivity index (χ2v) is 17.2. The van der Waals surface area contributed by atoms with Crippen molar-refractivity contribution >= 4 is 5.97 Å². The van der Waals surface area contributed by atoms with Gasteiger partial charge in [-0.25, -0.2) is 0 Å². The highest BCUT2D eigenvalue weighted by atomic mass is 16.5. The van der Waals surface area contributed by atoms with Crippen molar-refractivity contribution < 1.29 is 9.53 Å². The second kappa shape index (κ2) is 48.5. The third-order valence-corrected chi connectivity index (χ3v) is 11.7. The SMILES string of the molecule is CCCCCCCCCCCCCCCCCCCCCCCCCCCCCCCCOC(=O)CCCCCCCCCCCCCCCCC. The van der Waals surface area contributed by atoms with Crippen molar-refractivity contribution in [3.8, 4) is 0 Å². The quantitative estimate of drug-likeness (QED) is 0.0460. The van der Waals surface area contributed by atoms with Crippen molar-refractivity contribution in [3.05, 3.63) is 0 Å². The number of esters is 1. The van der Waals surface area contributed by atoms with E-state index in [1.807, 2.05) is 0 Å². The molecule has 0 aliphatic rings. The van der Waals surface area contributed by atoms with Crippen LogP contribution >= 0.6 is 0 Å².